The molecule has 0 saturated heterocycles. The topological polar surface area (TPSA) is 46.5 Å². The third-order valence-electron chi connectivity index (χ3n) is 1.87. The Morgan fingerprint density at radius 2 is 2.22 bits per heavy atom. The lowest BCUT2D eigenvalue weighted by atomic mass is 10.2. The number of carboxylic acids is 1. The predicted molar refractivity (Wildman–Crippen MR) is 76.1 cm³/mol. The van der Waals surface area contributed by atoms with E-state index in [4.69, 9.17) is 33.0 Å². The summed E-state index contributed by atoms with van der Waals surface area (Å²) in [4.78, 5) is 10.4. The van der Waals surface area contributed by atoms with Crippen LogP contribution in [0.2, 0.25) is 0 Å². The molecule has 0 radical (unpaired) electrons. The van der Waals surface area contributed by atoms with Crippen molar-refractivity contribution in [1.82, 2.24) is 0 Å². The van der Waals surface area contributed by atoms with Crippen molar-refractivity contribution in [2.75, 3.05) is 6.61 Å². The van der Waals surface area contributed by atoms with Gasteiger partial charge in [-0.3, -0.25) is 0 Å². The summed E-state index contributed by atoms with van der Waals surface area (Å²) in [6.07, 6.45) is 2.52. The first-order valence-electron chi connectivity index (χ1n) is 4.81. The Kier molecular flexibility index (Phi) is 6.25. The third kappa shape index (κ3) is 5.12. The van der Waals surface area contributed by atoms with Gasteiger partial charge in [-0.05, 0) is 29.8 Å². The van der Waals surface area contributed by atoms with Crippen LogP contribution in [-0.4, -0.2) is 17.7 Å². The first-order valence-corrected chi connectivity index (χ1v) is 6.42. The lowest BCUT2D eigenvalue weighted by Gasteiger charge is -2.07. The average Bonchev–Trinajstić information content (AvgIpc) is 2.35. The molecule has 96 valence electrons. The smallest absolute Gasteiger partial charge is 0.328 e. The van der Waals surface area contributed by atoms with Crippen LogP contribution in [0.1, 0.15) is 5.56 Å². The molecule has 0 saturated carbocycles. The minimum Gasteiger partial charge on any atom is -0.488 e. The molecule has 1 aromatic rings. The van der Waals surface area contributed by atoms with Crippen LogP contribution < -0.4 is 4.74 Å². The van der Waals surface area contributed by atoms with Gasteiger partial charge in [0.2, 0.25) is 0 Å². The van der Waals surface area contributed by atoms with Crippen LogP contribution in [0.4, 0.5) is 0 Å². The Labute approximate surface area is 123 Å². The molecule has 0 unspecified atom stereocenters. The summed E-state index contributed by atoms with van der Waals surface area (Å²) in [5, 5.41) is 8.95. The second-order valence-corrected chi connectivity index (χ2v) is 4.76. The molecule has 1 N–H and O–H groups in total. The second kappa shape index (κ2) is 7.46. The van der Waals surface area contributed by atoms with Gasteiger partial charge in [0.15, 0.2) is 0 Å². The highest BCUT2D eigenvalue weighted by Crippen LogP contribution is 2.24. The molecule has 18 heavy (non-hydrogen) atoms. The third-order valence-corrected chi connectivity index (χ3v) is 3.18. The van der Waals surface area contributed by atoms with Gasteiger partial charge >= 0.3 is 5.97 Å². The Balaban J connectivity index is 2.83. The maximum absolute atomic E-state index is 10.4. The fraction of sp³-hybridized carbons (Fsp3) is 0.0833. The van der Waals surface area contributed by atoms with Crippen LogP contribution >= 0.6 is 39.1 Å². The largest absolute Gasteiger partial charge is 0.488 e. The Bertz CT molecular complexity index is 498. The van der Waals surface area contributed by atoms with E-state index in [0.717, 1.165) is 10.5 Å². The molecule has 0 heterocycles. The molecule has 0 fully saturated rings. The zero-order valence-corrected chi connectivity index (χ0v) is 12.2. The number of benzene rings is 1. The minimum absolute atomic E-state index is 0.161. The summed E-state index contributed by atoms with van der Waals surface area (Å²) < 4.78 is 6.14. The molecule has 0 atom stereocenters. The first-order chi connectivity index (χ1) is 8.52. The lowest BCUT2D eigenvalue weighted by molar-refractivity contribution is -0.131. The molecular formula is C12H9BrCl2O3. The molecule has 0 amide bonds. The summed E-state index contributed by atoms with van der Waals surface area (Å²) in [5.41, 5.74) is 1.92. The van der Waals surface area contributed by atoms with E-state index in [2.05, 4.69) is 15.9 Å². The summed E-state index contributed by atoms with van der Waals surface area (Å²) in [7, 11) is 0. The number of carbonyl (C=O) groups is 1. The fourth-order valence-electron chi connectivity index (χ4n) is 1.08. The average molecular weight is 352 g/mol. The molecule has 0 aromatic heterocycles. The van der Waals surface area contributed by atoms with Gasteiger partial charge in [0, 0.05) is 16.1 Å². The number of hydrogen-bond donors (Lipinski definition) is 1. The molecule has 0 bridgehead atoms. The molecule has 0 aliphatic rings. The number of hydrogen-bond acceptors (Lipinski definition) is 2. The first kappa shape index (κ1) is 15.1. The van der Waals surface area contributed by atoms with E-state index in [-0.39, 0.29) is 6.61 Å². The molecule has 0 spiro atoms. The molecule has 0 aliphatic carbocycles. The van der Waals surface area contributed by atoms with Crippen molar-refractivity contribution in [1.29, 1.82) is 0 Å². The standard InChI is InChI=1S/C12H9BrCl2O3/c13-11-3-2-10(18-7-9(15)6-14)5-8(11)1-4-12(16)17/h1-6H,7H2,(H,16,17)/b4-1+,9-6-. The zero-order chi connectivity index (χ0) is 13.5. The van der Waals surface area contributed by atoms with E-state index >= 15 is 0 Å². The lowest BCUT2D eigenvalue weighted by Crippen LogP contribution is -1.97. The fourth-order valence-corrected chi connectivity index (χ4v) is 1.58. The van der Waals surface area contributed by atoms with Gasteiger partial charge < -0.3 is 9.84 Å². The van der Waals surface area contributed by atoms with Crippen LogP contribution in [0.3, 0.4) is 0 Å². The second-order valence-electron chi connectivity index (χ2n) is 3.20. The molecule has 0 aliphatic heterocycles. The van der Waals surface area contributed by atoms with Gasteiger partial charge in [0.1, 0.15) is 12.4 Å². The van der Waals surface area contributed by atoms with Crippen LogP contribution in [-0.2, 0) is 4.79 Å². The van der Waals surface area contributed by atoms with Crippen molar-refractivity contribution in [3.8, 4) is 5.75 Å². The van der Waals surface area contributed by atoms with E-state index in [1.54, 1.807) is 18.2 Å². The van der Waals surface area contributed by atoms with E-state index in [0.29, 0.717) is 16.3 Å². The molecule has 1 rings (SSSR count). The van der Waals surface area contributed by atoms with Gasteiger partial charge in [-0.25, -0.2) is 4.79 Å². The van der Waals surface area contributed by atoms with Crippen LogP contribution in [0.25, 0.3) is 6.08 Å². The van der Waals surface area contributed by atoms with Crippen molar-refractivity contribution < 1.29 is 14.6 Å². The van der Waals surface area contributed by atoms with Gasteiger partial charge in [-0.1, -0.05) is 39.1 Å². The Hall–Kier alpha value is -0.970. The Morgan fingerprint density at radius 3 is 2.83 bits per heavy atom. The molecule has 1 aromatic carbocycles. The van der Waals surface area contributed by atoms with E-state index in [1.807, 2.05) is 0 Å². The number of carboxylic acid groups (broad SMARTS) is 1. The van der Waals surface area contributed by atoms with Crippen molar-refractivity contribution >= 4 is 51.2 Å². The van der Waals surface area contributed by atoms with Gasteiger partial charge in [0.05, 0.1) is 5.03 Å². The zero-order valence-electron chi connectivity index (χ0n) is 9.07. The number of rotatable bonds is 5. The van der Waals surface area contributed by atoms with Gasteiger partial charge in [-0.15, -0.1) is 0 Å². The highest BCUT2D eigenvalue weighted by atomic mass is 79.9. The summed E-state index contributed by atoms with van der Waals surface area (Å²) in [6.45, 7) is 0.161. The molecular weight excluding hydrogens is 343 g/mol. The Morgan fingerprint density at radius 1 is 1.50 bits per heavy atom. The quantitative estimate of drug-likeness (QED) is 0.807. The maximum atomic E-state index is 10.4. The van der Waals surface area contributed by atoms with Crippen LogP contribution in [0.15, 0.2) is 39.3 Å². The monoisotopic (exact) mass is 350 g/mol. The van der Waals surface area contributed by atoms with E-state index < -0.39 is 5.97 Å². The van der Waals surface area contributed by atoms with Crippen LogP contribution in [0.5, 0.6) is 5.75 Å². The molecule has 6 heteroatoms. The van der Waals surface area contributed by atoms with Crippen molar-refractivity contribution in [2.45, 2.75) is 0 Å². The maximum Gasteiger partial charge on any atom is 0.328 e. The van der Waals surface area contributed by atoms with Crippen molar-refractivity contribution in [3.05, 3.63) is 44.9 Å². The van der Waals surface area contributed by atoms with Crippen molar-refractivity contribution in [3.63, 3.8) is 0 Å². The number of ether oxygens (including phenoxy) is 1. The minimum atomic E-state index is -1.01. The predicted octanol–water partition coefficient (Wildman–Crippen LogP) is 4.24. The number of aliphatic carboxylic acids is 1. The highest BCUT2D eigenvalue weighted by molar-refractivity contribution is 9.10. The normalized spacial score (nSPS) is 11.8. The molecule has 3 nitrogen and oxygen atoms in total. The summed E-state index contributed by atoms with van der Waals surface area (Å²) in [6, 6.07) is 5.19. The summed E-state index contributed by atoms with van der Waals surface area (Å²) in [5.74, 6) is -0.443. The van der Waals surface area contributed by atoms with E-state index in [1.165, 1.54) is 11.6 Å². The number of halogens is 3. The SMILES string of the molecule is O=C(O)/C=C/c1cc(OC/C(Cl)=C/Cl)ccc1Br. The summed E-state index contributed by atoms with van der Waals surface area (Å²) >= 11 is 14.4. The van der Waals surface area contributed by atoms with Gasteiger partial charge in [-0.2, -0.15) is 0 Å². The van der Waals surface area contributed by atoms with Crippen molar-refractivity contribution in [2.24, 2.45) is 0 Å². The van der Waals surface area contributed by atoms with Crippen LogP contribution in [0, 0.1) is 0 Å². The van der Waals surface area contributed by atoms with E-state index in [9.17, 15) is 4.79 Å². The highest BCUT2D eigenvalue weighted by Gasteiger charge is 2.01. The van der Waals surface area contributed by atoms with Gasteiger partial charge in [0.25, 0.3) is 0 Å².